The molecule has 7 nitrogen and oxygen atoms in total. The van der Waals surface area contributed by atoms with Crippen molar-refractivity contribution in [3.63, 3.8) is 0 Å². The van der Waals surface area contributed by atoms with E-state index < -0.39 is 34.2 Å². The summed E-state index contributed by atoms with van der Waals surface area (Å²) in [6.45, 7) is 0.0828. The number of nitrogens with zero attached hydrogens (tertiary/aromatic N) is 2. The van der Waals surface area contributed by atoms with Gasteiger partial charge < -0.3 is 10.3 Å². The van der Waals surface area contributed by atoms with Crippen LogP contribution in [-0.2, 0) is 17.7 Å². The minimum absolute atomic E-state index is 0.0400. The van der Waals surface area contributed by atoms with Gasteiger partial charge >= 0.3 is 0 Å². The molecule has 0 aliphatic heterocycles. The Kier molecular flexibility index (Phi) is 6.48. The number of anilines is 1. The van der Waals surface area contributed by atoms with Gasteiger partial charge in [-0.05, 0) is 42.7 Å². The lowest BCUT2D eigenvalue weighted by Crippen LogP contribution is -2.18. The largest absolute Gasteiger partial charge is 0.760 e. The Bertz CT molecular complexity index is 1130. The summed E-state index contributed by atoms with van der Waals surface area (Å²) in [5.74, 6) is -3.26. The van der Waals surface area contributed by atoms with E-state index in [4.69, 9.17) is 17.3 Å². The predicted octanol–water partition coefficient (Wildman–Crippen LogP) is 2.69. The zero-order valence-corrected chi connectivity index (χ0v) is 16.3. The van der Waals surface area contributed by atoms with E-state index in [1.54, 1.807) is 0 Å². The molecular formula is C18H14ClF2N4O3S-. The molecular weight excluding hydrogens is 426 g/mol. The van der Waals surface area contributed by atoms with Crippen molar-refractivity contribution in [1.29, 1.82) is 0 Å². The quantitative estimate of drug-likeness (QED) is 0.253. The highest BCUT2D eigenvalue weighted by molar-refractivity contribution is 7.77. The number of aryl methyl sites for hydroxylation is 1. The second-order valence-corrected chi connectivity index (χ2v) is 7.22. The van der Waals surface area contributed by atoms with Crippen LogP contribution in [-0.4, -0.2) is 31.1 Å². The van der Waals surface area contributed by atoms with Crippen molar-refractivity contribution >= 4 is 45.5 Å². The molecule has 1 aromatic heterocycles. The van der Waals surface area contributed by atoms with Crippen LogP contribution in [0.15, 0.2) is 30.5 Å². The summed E-state index contributed by atoms with van der Waals surface area (Å²) in [4.78, 5) is 21.0. The number of hydrogen-bond acceptors (Lipinski definition) is 6. The molecule has 3 aromatic rings. The fourth-order valence-corrected chi connectivity index (χ4v) is 3.41. The lowest BCUT2D eigenvalue weighted by atomic mass is 9.98. The highest BCUT2D eigenvalue weighted by Gasteiger charge is 2.24. The molecule has 2 aromatic carbocycles. The van der Waals surface area contributed by atoms with Crippen molar-refractivity contribution in [1.82, 2.24) is 14.7 Å². The molecule has 1 atom stereocenters. The molecule has 0 aliphatic carbocycles. The monoisotopic (exact) mass is 439 g/mol. The maximum absolute atomic E-state index is 14.4. The Balaban J connectivity index is 1.96. The van der Waals surface area contributed by atoms with E-state index in [1.165, 1.54) is 24.4 Å². The molecule has 11 heteroatoms. The maximum atomic E-state index is 14.4. The number of nitrogens with one attached hydrogen (secondary N) is 1. The summed E-state index contributed by atoms with van der Waals surface area (Å²) in [5, 5.41) is -0.226. The van der Waals surface area contributed by atoms with Gasteiger partial charge in [-0.15, -0.1) is 0 Å². The zero-order valence-electron chi connectivity index (χ0n) is 14.7. The number of rotatable bonds is 7. The first-order chi connectivity index (χ1) is 13.8. The van der Waals surface area contributed by atoms with Crippen molar-refractivity contribution in [3.8, 4) is 0 Å². The molecule has 152 valence electrons. The molecule has 0 radical (unpaired) electrons. The minimum atomic E-state index is -2.43. The topological polar surface area (TPSA) is 121 Å². The molecule has 0 saturated heterocycles. The van der Waals surface area contributed by atoms with E-state index in [2.05, 4.69) is 14.7 Å². The van der Waals surface area contributed by atoms with E-state index in [9.17, 15) is 22.3 Å². The second kappa shape index (κ2) is 8.87. The second-order valence-electron chi connectivity index (χ2n) is 6.08. The first-order valence-corrected chi connectivity index (χ1v) is 9.79. The number of aromatic nitrogens is 2. The summed E-state index contributed by atoms with van der Waals surface area (Å²) in [5.41, 5.74) is 6.02. The summed E-state index contributed by atoms with van der Waals surface area (Å²) >= 11 is 3.77. The normalized spacial score (nSPS) is 12.3. The number of fused-ring (bicyclic) bond motifs is 1. The molecule has 3 N–H and O–H groups in total. The van der Waals surface area contributed by atoms with Crippen molar-refractivity contribution in [2.45, 2.75) is 12.8 Å². The average Bonchev–Trinajstić information content (AvgIpc) is 2.68. The maximum Gasteiger partial charge on any atom is 0.197 e. The third-order valence-corrected chi connectivity index (χ3v) is 5.00. The van der Waals surface area contributed by atoms with Crippen molar-refractivity contribution in [2.75, 3.05) is 12.3 Å². The fraction of sp³-hybridized carbons (Fsp3) is 0.167. The van der Waals surface area contributed by atoms with E-state index >= 15 is 0 Å². The molecule has 3 rings (SSSR count). The molecule has 29 heavy (non-hydrogen) atoms. The van der Waals surface area contributed by atoms with Gasteiger partial charge in [0.25, 0.3) is 0 Å². The highest BCUT2D eigenvalue weighted by atomic mass is 35.5. The number of benzene rings is 2. The highest BCUT2D eigenvalue weighted by Crippen LogP contribution is 2.30. The van der Waals surface area contributed by atoms with Gasteiger partial charge in [0.15, 0.2) is 17.4 Å². The standard InChI is InChI=1S/C18H15ClF2N4O3S/c19-16-9(2-1-5-24-29(27)28)6-11(20)17(21)15(16)18(26)10-3-4-12-13(7-10)25-14(22)8-23-12/h3-4,6-8,24H,1-2,5H2,(H2,22,25)(H,27,28)/p-1. The molecule has 0 amide bonds. The minimum Gasteiger partial charge on any atom is -0.760 e. The van der Waals surface area contributed by atoms with Gasteiger partial charge in [-0.1, -0.05) is 11.6 Å². The first-order valence-electron chi connectivity index (χ1n) is 8.34. The summed E-state index contributed by atoms with van der Waals surface area (Å²) in [7, 11) is 0. The SMILES string of the molecule is Nc1cnc2ccc(C(=O)c3c(F)c(F)cc(CCCNS(=O)[O-])c3Cl)cc2n1. The number of hydrogen-bond donors (Lipinski definition) is 2. The van der Waals surface area contributed by atoms with Gasteiger partial charge in [0.2, 0.25) is 0 Å². The molecule has 1 heterocycles. The van der Waals surface area contributed by atoms with Crippen LogP contribution < -0.4 is 10.5 Å². The number of carbonyl (C=O) groups excluding carboxylic acids is 1. The van der Waals surface area contributed by atoms with Crippen molar-refractivity contribution in [2.24, 2.45) is 0 Å². The van der Waals surface area contributed by atoms with Crippen LogP contribution in [0.4, 0.5) is 14.6 Å². The molecule has 0 aliphatic rings. The van der Waals surface area contributed by atoms with Gasteiger partial charge in [0.05, 0.1) is 27.8 Å². The predicted molar refractivity (Wildman–Crippen MR) is 104 cm³/mol. The Hall–Kier alpha value is -2.53. The average molecular weight is 440 g/mol. The number of nitrogens with two attached hydrogens (primary N) is 1. The van der Waals surface area contributed by atoms with Crippen molar-refractivity contribution in [3.05, 3.63) is 63.8 Å². The molecule has 0 bridgehead atoms. The Morgan fingerprint density at radius 1 is 1.28 bits per heavy atom. The summed E-state index contributed by atoms with van der Waals surface area (Å²) in [6, 6.07) is 5.18. The van der Waals surface area contributed by atoms with E-state index in [1.807, 2.05) is 0 Å². The van der Waals surface area contributed by atoms with E-state index in [0.29, 0.717) is 11.0 Å². The smallest absolute Gasteiger partial charge is 0.197 e. The third-order valence-electron chi connectivity index (χ3n) is 4.12. The van der Waals surface area contributed by atoms with Gasteiger partial charge in [-0.25, -0.2) is 18.5 Å². The van der Waals surface area contributed by atoms with Gasteiger partial charge in [-0.3, -0.25) is 14.0 Å². The molecule has 0 fully saturated rings. The van der Waals surface area contributed by atoms with Crippen LogP contribution in [0.25, 0.3) is 11.0 Å². The molecule has 0 spiro atoms. The lowest BCUT2D eigenvalue weighted by molar-refractivity contribution is 0.103. The van der Waals surface area contributed by atoms with Crippen LogP contribution in [0, 0.1) is 11.6 Å². The van der Waals surface area contributed by atoms with Gasteiger partial charge in [0.1, 0.15) is 5.82 Å². The zero-order chi connectivity index (χ0) is 21.1. The Morgan fingerprint density at radius 2 is 2.03 bits per heavy atom. The van der Waals surface area contributed by atoms with E-state index in [0.717, 1.165) is 6.07 Å². The van der Waals surface area contributed by atoms with Crippen molar-refractivity contribution < 1.29 is 22.3 Å². The van der Waals surface area contributed by atoms with Gasteiger partial charge in [0, 0.05) is 23.4 Å². The third kappa shape index (κ3) is 4.73. The summed E-state index contributed by atoms with van der Waals surface area (Å²) < 4.78 is 51.7. The van der Waals surface area contributed by atoms with Crippen LogP contribution in [0.3, 0.4) is 0 Å². The van der Waals surface area contributed by atoms with Crippen LogP contribution >= 0.6 is 11.6 Å². The fourth-order valence-electron chi connectivity index (χ4n) is 2.78. The Morgan fingerprint density at radius 3 is 2.76 bits per heavy atom. The number of halogens is 3. The Labute approximate surface area is 171 Å². The number of ketones is 1. The van der Waals surface area contributed by atoms with Crippen LogP contribution in [0.5, 0.6) is 0 Å². The molecule has 0 saturated carbocycles. The van der Waals surface area contributed by atoms with E-state index in [-0.39, 0.29) is 41.4 Å². The first kappa shape index (κ1) is 21.2. The van der Waals surface area contributed by atoms with Crippen LogP contribution in [0.2, 0.25) is 5.02 Å². The number of nitrogen functional groups attached to an aromatic ring is 1. The number of carbonyl (C=O) groups is 1. The molecule has 1 unspecified atom stereocenters. The van der Waals surface area contributed by atoms with Crippen LogP contribution in [0.1, 0.15) is 27.9 Å². The lowest BCUT2D eigenvalue weighted by Gasteiger charge is -2.12. The summed E-state index contributed by atoms with van der Waals surface area (Å²) in [6.07, 6.45) is 1.77. The van der Waals surface area contributed by atoms with Gasteiger partial charge in [-0.2, -0.15) is 0 Å².